The zero-order valence-electron chi connectivity index (χ0n) is 15.2. The van der Waals surface area contributed by atoms with Crippen LogP contribution in [0, 0.1) is 5.92 Å². The van der Waals surface area contributed by atoms with E-state index in [9.17, 15) is 4.79 Å². The lowest BCUT2D eigenvalue weighted by Crippen LogP contribution is -2.22. The van der Waals surface area contributed by atoms with Gasteiger partial charge in [-0.1, -0.05) is 32.0 Å². The molecule has 26 heavy (non-hydrogen) atoms. The maximum atomic E-state index is 11.7. The second-order valence-corrected chi connectivity index (χ2v) is 5.90. The molecule has 0 aliphatic carbocycles. The van der Waals surface area contributed by atoms with Gasteiger partial charge in [0.2, 0.25) is 5.91 Å². The molecule has 0 unspecified atom stereocenters. The van der Waals surface area contributed by atoms with E-state index in [1.807, 2.05) is 62.4 Å². The molecule has 0 heterocycles. The fraction of sp³-hybridized carbons (Fsp3) is 0.263. The summed E-state index contributed by atoms with van der Waals surface area (Å²) in [7, 11) is 1.61. The van der Waals surface area contributed by atoms with Gasteiger partial charge in [-0.2, -0.15) is 0 Å². The average Bonchev–Trinajstić information content (AvgIpc) is 2.61. The number of carbonyl (C=O) groups is 1. The third-order valence-corrected chi connectivity index (χ3v) is 3.52. The van der Waals surface area contributed by atoms with E-state index in [1.54, 1.807) is 7.11 Å². The highest BCUT2D eigenvalue weighted by Crippen LogP contribution is 2.16. The van der Waals surface area contributed by atoms with Gasteiger partial charge in [0.25, 0.3) is 0 Å². The van der Waals surface area contributed by atoms with Gasteiger partial charge in [0.05, 0.1) is 13.7 Å². The molecule has 0 saturated carbocycles. The number of methoxy groups -OCH3 is 1. The number of aliphatic imine (C=N–C) groups is 1. The van der Waals surface area contributed by atoms with Gasteiger partial charge in [-0.3, -0.25) is 4.79 Å². The lowest BCUT2D eigenvalue weighted by Gasteiger charge is -2.09. The molecule has 0 aliphatic rings. The van der Waals surface area contributed by atoms with Crippen molar-refractivity contribution in [3.8, 4) is 5.75 Å². The van der Waals surface area contributed by atoms with Gasteiger partial charge in [0, 0.05) is 23.4 Å². The minimum absolute atomic E-state index is 0. The molecule has 0 fully saturated rings. The Kier molecular flexibility index (Phi) is 8.91. The van der Waals surface area contributed by atoms with Gasteiger partial charge in [0.15, 0.2) is 5.96 Å². The Morgan fingerprint density at radius 1 is 1.12 bits per heavy atom. The Bertz CT molecular complexity index is 745. The molecule has 0 atom stereocenters. The van der Waals surface area contributed by atoms with Crippen molar-refractivity contribution in [2.75, 3.05) is 17.7 Å². The Morgan fingerprint density at radius 3 is 2.42 bits per heavy atom. The molecule has 7 heteroatoms. The van der Waals surface area contributed by atoms with Gasteiger partial charge in [-0.15, -0.1) is 24.0 Å². The zero-order valence-corrected chi connectivity index (χ0v) is 17.5. The molecule has 2 aromatic rings. The minimum atomic E-state index is -0.0493. The van der Waals surface area contributed by atoms with Crippen molar-refractivity contribution < 1.29 is 9.53 Å². The molecule has 0 aliphatic heterocycles. The predicted octanol–water partition coefficient (Wildman–Crippen LogP) is 3.83. The summed E-state index contributed by atoms with van der Waals surface area (Å²) in [6, 6.07) is 15.0. The minimum Gasteiger partial charge on any atom is -0.497 e. The molecule has 2 rings (SSSR count). The summed E-state index contributed by atoms with van der Waals surface area (Å²) in [6.07, 6.45) is 0. The molecule has 6 nitrogen and oxygen atoms in total. The van der Waals surface area contributed by atoms with Gasteiger partial charge < -0.3 is 21.1 Å². The van der Waals surface area contributed by atoms with Crippen LogP contribution >= 0.6 is 24.0 Å². The summed E-state index contributed by atoms with van der Waals surface area (Å²) in [5.74, 6) is 1.02. The van der Waals surface area contributed by atoms with Crippen LogP contribution in [-0.2, 0) is 11.3 Å². The number of nitrogens with two attached hydrogens (primary N) is 1. The Labute approximate surface area is 171 Å². The Hall–Kier alpha value is -2.29. The van der Waals surface area contributed by atoms with Crippen LogP contribution in [0.3, 0.4) is 0 Å². The SMILES string of the molecule is COc1cccc(NC(N)=NCc2ccc(NC(=O)C(C)C)cc2)c1.I. The number of benzene rings is 2. The van der Waals surface area contributed by atoms with Crippen molar-refractivity contribution in [2.24, 2.45) is 16.6 Å². The van der Waals surface area contributed by atoms with E-state index in [2.05, 4.69) is 15.6 Å². The highest BCUT2D eigenvalue weighted by atomic mass is 127. The lowest BCUT2D eigenvalue weighted by molar-refractivity contribution is -0.118. The smallest absolute Gasteiger partial charge is 0.226 e. The number of anilines is 2. The number of halogens is 1. The molecule has 0 saturated heterocycles. The maximum Gasteiger partial charge on any atom is 0.226 e. The number of guanidine groups is 1. The molecular formula is C19H25IN4O2. The van der Waals surface area contributed by atoms with Crippen LogP contribution in [0.15, 0.2) is 53.5 Å². The standard InChI is InChI=1S/C19H24N4O2.HI/c1-13(2)18(24)22-15-9-7-14(8-10-15)12-21-19(20)23-16-5-4-6-17(11-16)25-3;/h4-11,13H,12H2,1-3H3,(H,22,24)(H3,20,21,23);1H. The summed E-state index contributed by atoms with van der Waals surface area (Å²) in [5, 5.41) is 5.88. The predicted molar refractivity (Wildman–Crippen MR) is 117 cm³/mol. The monoisotopic (exact) mass is 468 g/mol. The molecule has 0 bridgehead atoms. The van der Waals surface area contributed by atoms with Crippen LogP contribution < -0.4 is 21.1 Å². The summed E-state index contributed by atoms with van der Waals surface area (Å²) in [4.78, 5) is 16.0. The van der Waals surface area contributed by atoms with Crippen molar-refractivity contribution in [1.82, 2.24) is 0 Å². The first-order valence-electron chi connectivity index (χ1n) is 8.08. The van der Waals surface area contributed by atoms with E-state index in [-0.39, 0.29) is 35.8 Å². The largest absolute Gasteiger partial charge is 0.497 e. The molecule has 4 N–H and O–H groups in total. The quantitative estimate of drug-likeness (QED) is 0.342. The number of carbonyl (C=O) groups excluding carboxylic acids is 1. The van der Waals surface area contributed by atoms with Crippen molar-refractivity contribution in [2.45, 2.75) is 20.4 Å². The van der Waals surface area contributed by atoms with Crippen LogP contribution in [0.1, 0.15) is 19.4 Å². The summed E-state index contributed by atoms with van der Waals surface area (Å²) in [6.45, 7) is 4.16. The number of rotatable bonds is 6. The molecule has 2 aromatic carbocycles. The first kappa shape index (κ1) is 21.8. The van der Waals surface area contributed by atoms with Crippen molar-refractivity contribution >= 4 is 47.2 Å². The second-order valence-electron chi connectivity index (χ2n) is 5.90. The van der Waals surface area contributed by atoms with Crippen molar-refractivity contribution in [3.63, 3.8) is 0 Å². The number of hydrogen-bond donors (Lipinski definition) is 3. The summed E-state index contributed by atoms with van der Waals surface area (Å²) < 4.78 is 5.17. The van der Waals surface area contributed by atoms with Gasteiger partial charge in [0.1, 0.15) is 5.75 Å². The third-order valence-electron chi connectivity index (χ3n) is 3.52. The number of nitrogens with one attached hydrogen (secondary N) is 2. The molecule has 140 valence electrons. The lowest BCUT2D eigenvalue weighted by atomic mass is 10.2. The van der Waals surface area contributed by atoms with Crippen LogP contribution in [0.2, 0.25) is 0 Å². The molecular weight excluding hydrogens is 443 g/mol. The number of amides is 1. The van der Waals surface area contributed by atoms with E-state index in [4.69, 9.17) is 10.5 Å². The second kappa shape index (κ2) is 10.6. The molecule has 0 spiro atoms. The van der Waals surface area contributed by atoms with E-state index >= 15 is 0 Å². The van der Waals surface area contributed by atoms with Crippen molar-refractivity contribution in [1.29, 1.82) is 0 Å². The van der Waals surface area contributed by atoms with E-state index in [1.165, 1.54) is 0 Å². The number of nitrogens with zero attached hydrogens (tertiary/aromatic N) is 1. The fourth-order valence-corrected chi connectivity index (χ4v) is 2.04. The Balaban J connectivity index is 0.00000338. The molecule has 1 amide bonds. The molecule has 0 radical (unpaired) electrons. The first-order valence-corrected chi connectivity index (χ1v) is 8.08. The summed E-state index contributed by atoms with van der Waals surface area (Å²) >= 11 is 0. The molecule has 0 aromatic heterocycles. The van der Waals surface area contributed by atoms with Gasteiger partial charge in [-0.25, -0.2) is 4.99 Å². The number of ether oxygens (including phenoxy) is 1. The van der Waals surface area contributed by atoms with Crippen LogP contribution in [0.5, 0.6) is 5.75 Å². The normalized spacial score (nSPS) is 10.8. The summed E-state index contributed by atoms with van der Waals surface area (Å²) in [5.41, 5.74) is 8.50. The topological polar surface area (TPSA) is 88.7 Å². The van der Waals surface area contributed by atoms with E-state index in [0.717, 1.165) is 22.7 Å². The third kappa shape index (κ3) is 6.91. The van der Waals surface area contributed by atoms with Gasteiger partial charge in [-0.05, 0) is 29.8 Å². The number of hydrogen-bond acceptors (Lipinski definition) is 3. The maximum absolute atomic E-state index is 11.7. The van der Waals surface area contributed by atoms with Crippen LogP contribution in [0.4, 0.5) is 11.4 Å². The zero-order chi connectivity index (χ0) is 18.2. The van der Waals surface area contributed by atoms with E-state index < -0.39 is 0 Å². The van der Waals surface area contributed by atoms with Crippen LogP contribution in [-0.4, -0.2) is 19.0 Å². The van der Waals surface area contributed by atoms with Crippen molar-refractivity contribution in [3.05, 3.63) is 54.1 Å². The highest BCUT2D eigenvalue weighted by molar-refractivity contribution is 14.0. The Morgan fingerprint density at radius 2 is 1.81 bits per heavy atom. The highest BCUT2D eigenvalue weighted by Gasteiger charge is 2.06. The average molecular weight is 468 g/mol. The first-order chi connectivity index (χ1) is 12.0. The fourth-order valence-electron chi connectivity index (χ4n) is 2.04. The van der Waals surface area contributed by atoms with Crippen LogP contribution in [0.25, 0.3) is 0 Å². The van der Waals surface area contributed by atoms with E-state index in [0.29, 0.717) is 12.5 Å². The van der Waals surface area contributed by atoms with Gasteiger partial charge >= 0.3 is 0 Å².